The van der Waals surface area contributed by atoms with E-state index in [0.29, 0.717) is 0 Å². The summed E-state index contributed by atoms with van der Waals surface area (Å²) < 4.78 is 0.765. The molecule has 0 atom stereocenters. The molecule has 0 saturated carbocycles. The first-order chi connectivity index (χ1) is 5.65. The normalized spacial score (nSPS) is 9.42. The third kappa shape index (κ3) is 1.42. The highest BCUT2D eigenvalue weighted by atomic mass is 16.2. The maximum Gasteiger partial charge on any atom is 0.336 e. The van der Waals surface area contributed by atoms with Gasteiger partial charge in [-0.05, 0) is 0 Å². The van der Waals surface area contributed by atoms with E-state index >= 15 is 0 Å². The first kappa shape index (κ1) is 8.25. The second-order valence-corrected chi connectivity index (χ2v) is 2.04. The Balaban J connectivity index is 3.28. The van der Waals surface area contributed by atoms with E-state index in [1.807, 2.05) is 4.98 Å². The van der Waals surface area contributed by atoms with E-state index < -0.39 is 17.3 Å². The zero-order chi connectivity index (χ0) is 9.14. The van der Waals surface area contributed by atoms with Crippen LogP contribution in [0.2, 0.25) is 0 Å². The second kappa shape index (κ2) is 3.04. The van der Waals surface area contributed by atoms with Crippen molar-refractivity contribution in [3.63, 3.8) is 0 Å². The lowest BCUT2D eigenvalue weighted by atomic mass is 10.6. The molecule has 1 heterocycles. The van der Waals surface area contributed by atoms with Crippen LogP contribution >= 0.6 is 0 Å². The van der Waals surface area contributed by atoms with Gasteiger partial charge in [0.15, 0.2) is 0 Å². The molecule has 64 valence electrons. The molecule has 0 aliphatic rings. The molecule has 1 aromatic rings. The third-order valence-corrected chi connectivity index (χ3v) is 1.26. The van der Waals surface area contributed by atoms with E-state index in [1.54, 1.807) is 0 Å². The van der Waals surface area contributed by atoms with Gasteiger partial charge < -0.3 is 5.32 Å². The van der Waals surface area contributed by atoms with Crippen molar-refractivity contribution in [2.45, 2.75) is 0 Å². The number of amides is 1. The van der Waals surface area contributed by atoms with Crippen LogP contribution in [-0.4, -0.2) is 22.6 Å². The highest BCUT2D eigenvalue weighted by molar-refractivity contribution is 5.75. The Morgan fingerprint density at radius 2 is 2.25 bits per heavy atom. The fourth-order valence-electron chi connectivity index (χ4n) is 0.698. The van der Waals surface area contributed by atoms with E-state index in [4.69, 9.17) is 0 Å². The second-order valence-electron chi connectivity index (χ2n) is 2.04. The molecule has 0 spiro atoms. The molecule has 0 unspecified atom stereocenters. The number of H-pyrrole nitrogens is 1. The number of nitrogens with one attached hydrogen (secondary N) is 2. The molecular formula is C6H7N3O3. The molecule has 0 aliphatic carbocycles. The Hall–Kier alpha value is -1.85. The first-order valence-electron chi connectivity index (χ1n) is 3.19. The molecule has 6 nitrogen and oxygen atoms in total. The van der Waals surface area contributed by atoms with Crippen LogP contribution in [0.15, 0.2) is 21.9 Å². The SMILES string of the molecule is CNC(=O)n1ccc(=O)[nH]c1=O. The van der Waals surface area contributed by atoms with E-state index in [1.165, 1.54) is 7.05 Å². The lowest BCUT2D eigenvalue weighted by molar-refractivity contribution is 0.243. The Labute approximate surface area is 66.8 Å². The largest absolute Gasteiger partial charge is 0.340 e. The van der Waals surface area contributed by atoms with Crippen molar-refractivity contribution in [2.75, 3.05) is 7.05 Å². The van der Waals surface area contributed by atoms with Gasteiger partial charge in [0, 0.05) is 19.3 Å². The average Bonchev–Trinajstić information content (AvgIpc) is 2.03. The zero-order valence-electron chi connectivity index (χ0n) is 6.33. The van der Waals surface area contributed by atoms with Gasteiger partial charge in [0.25, 0.3) is 5.56 Å². The monoisotopic (exact) mass is 169 g/mol. The number of hydrogen-bond donors (Lipinski definition) is 2. The summed E-state index contributed by atoms with van der Waals surface area (Å²) in [4.78, 5) is 34.3. The van der Waals surface area contributed by atoms with Crippen molar-refractivity contribution in [1.29, 1.82) is 0 Å². The van der Waals surface area contributed by atoms with E-state index in [0.717, 1.165) is 16.8 Å². The van der Waals surface area contributed by atoms with Crippen LogP contribution in [0.25, 0.3) is 0 Å². The molecule has 0 aliphatic heterocycles. The minimum absolute atomic E-state index is 0.528. The van der Waals surface area contributed by atoms with Gasteiger partial charge in [-0.1, -0.05) is 0 Å². The van der Waals surface area contributed by atoms with E-state index in [9.17, 15) is 14.4 Å². The molecule has 2 N–H and O–H groups in total. The number of carbonyl (C=O) groups is 1. The summed E-state index contributed by atoms with van der Waals surface area (Å²) in [6.45, 7) is 0. The van der Waals surface area contributed by atoms with Crippen molar-refractivity contribution in [3.8, 4) is 0 Å². The van der Waals surface area contributed by atoms with E-state index in [2.05, 4.69) is 5.32 Å². The molecule has 6 heteroatoms. The summed E-state index contributed by atoms with van der Waals surface area (Å²) in [6, 6.07) is 0.507. The number of aromatic amines is 1. The van der Waals surface area contributed by atoms with Crippen LogP contribution in [0.4, 0.5) is 4.79 Å². The Morgan fingerprint density at radius 3 is 2.75 bits per heavy atom. The average molecular weight is 169 g/mol. The molecule has 0 bridgehead atoms. The van der Waals surface area contributed by atoms with Gasteiger partial charge in [-0.2, -0.15) is 0 Å². The molecule has 1 aromatic heterocycles. The van der Waals surface area contributed by atoms with Crippen LogP contribution in [0.3, 0.4) is 0 Å². The molecule has 0 aromatic carbocycles. The van der Waals surface area contributed by atoms with Gasteiger partial charge in [-0.3, -0.25) is 9.78 Å². The highest BCUT2D eigenvalue weighted by Gasteiger charge is 2.02. The van der Waals surface area contributed by atoms with Gasteiger partial charge in [0.2, 0.25) is 0 Å². The van der Waals surface area contributed by atoms with Crippen LogP contribution in [0.5, 0.6) is 0 Å². The van der Waals surface area contributed by atoms with Crippen LogP contribution in [-0.2, 0) is 0 Å². The zero-order valence-corrected chi connectivity index (χ0v) is 6.33. The Morgan fingerprint density at radius 1 is 1.58 bits per heavy atom. The van der Waals surface area contributed by atoms with Crippen molar-refractivity contribution < 1.29 is 4.79 Å². The maximum absolute atomic E-state index is 10.9. The molecule has 0 saturated heterocycles. The van der Waals surface area contributed by atoms with Gasteiger partial charge in [-0.15, -0.1) is 0 Å². The summed E-state index contributed by atoms with van der Waals surface area (Å²) in [5, 5.41) is 2.24. The third-order valence-electron chi connectivity index (χ3n) is 1.26. The van der Waals surface area contributed by atoms with Crippen molar-refractivity contribution in [3.05, 3.63) is 33.1 Å². The van der Waals surface area contributed by atoms with Crippen LogP contribution < -0.4 is 16.6 Å². The summed E-state index contributed by atoms with van der Waals surface area (Å²) in [6.07, 6.45) is 1.11. The van der Waals surface area contributed by atoms with E-state index in [-0.39, 0.29) is 0 Å². The maximum atomic E-state index is 10.9. The van der Waals surface area contributed by atoms with Crippen LogP contribution in [0, 0.1) is 0 Å². The van der Waals surface area contributed by atoms with Crippen molar-refractivity contribution in [1.82, 2.24) is 14.9 Å². The van der Waals surface area contributed by atoms with Gasteiger partial charge in [-0.25, -0.2) is 14.2 Å². The molecule has 0 radical (unpaired) electrons. The summed E-state index contributed by atoms with van der Waals surface area (Å²) in [5.74, 6) is 0. The van der Waals surface area contributed by atoms with Crippen LogP contribution in [0.1, 0.15) is 0 Å². The quantitative estimate of drug-likeness (QED) is 0.507. The lowest BCUT2D eigenvalue weighted by Crippen LogP contribution is -2.37. The minimum atomic E-state index is -0.748. The summed E-state index contributed by atoms with van der Waals surface area (Å²) in [5.41, 5.74) is -1.28. The molecule has 0 fully saturated rings. The number of rotatable bonds is 0. The molecular weight excluding hydrogens is 162 g/mol. The number of carbonyl (C=O) groups excluding carboxylic acids is 1. The fourth-order valence-corrected chi connectivity index (χ4v) is 0.698. The number of aromatic nitrogens is 2. The molecule has 1 rings (SSSR count). The van der Waals surface area contributed by atoms with Gasteiger partial charge >= 0.3 is 11.7 Å². The predicted molar refractivity (Wildman–Crippen MR) is 41.2 cm³/mol. The topological polar surface area (TPSA) is 84.0 Å². The minimum Gasteiger partial charge on any atom is -0.340 e. The lowest BCUT2D eigenvalue weighted by Gasteiger charge is -1.99. The molecule has 12 heavy (non-hydrogen) atoms. The number of hydrogen-bond acceptors (Lipinski definition) is 3. The standard InChI is InChI=1S/C6H7N3O3/c1-7-5(11)9-3-2-4(10)8-6(9)12/h2-3H,1H3,(H,7,11)(H,8,10,12). The summed E-state index contributed by atoms with van der Waals surface area (Å²) >= 11 is 0. The fraction of sp³-hybridized carbons (Fsp3) is 0.167. The summed E-state index contributed by atoms with van der Waals surface area (Å²) in [7, 11) is 1.39. The first-order valence-corrected chi connectivity index (χ1v) is 3.19. The van der Waals surface area contributed by atoms with Crippen molar-refractivity contribution >= 4 is 6.03 Å². The Bertz CT molecular complexity index is 403. The smallest absolute Gasteiger partial charge is 0.336 e. The predicted octanol–water partition coefficient (Wildman–Crippen LogP) is -1.28. The van der Waals surface area contributed by atoms with Gasteiger partial charge in [0.1, 0.15) is 0 Å². The molecule has 1 amide bonds. The Kier molecular flexibility index (Phi) is 2.09. The van der Waals surface area contributed by atoms with Crippen molar-refractivity contribution in [2.24, 2.45) is 0 Å². The highest BCUT2D eigenvalue weighted by Crippen LogP contribution is 1.72. The van der Waals surface area contributed by atoms with Gasteiger partial charge in [0.05, 0.1) is 0 Å². The number of nitrogens with zero attached hydrogens (tertiary/aromatic N) is 1.